The van der Waals surface area contributed by atoms with Crippen LogP contribution in [-0.4, -0.2) is 24.7 Å². The van der Waals surface area contributed by atoms with E-state index in [1.165, 1.54) is 12.8 Å². The summed E-state index contributed by atoms with van der Waals surface area (Å²) < 4.78 is 27.1. The molecule has 0 spiro atoms. The van der Waals surface area contributed by atoms with Gasteiger partial charge in [0.05, 0.1) is 11.4 Å². The lowest BCUT2D eigenvalue weighted by atomic mass is 10.2. The molecular weight excluding hydrogens is 238 g/mol. The first kappa shape index (κ1) is 12.6. The van der Waals surface area contributed by atoms with Crippen molar-refractivity contribution in [3.8, 4) is 0 Å². The van der Waals surface area contributed by atoms with E-state index in [1.807, 2.05) is 6.92 Å². The molecule has 0 aliphatic heterocycles. The van der Waals surface area contributed by atoms with Crippen LogP contribution in [0.15, 0.2) is 4.90 Å². The van der Waals surface area contributed by atoms with Crippen LogP contribution in [0.2, 0.25) is 0 Å². The Balaban J connectivity index is 2.12. The van der Waals surface area contributed by atoms with E-state index in [0.29, 0.717) is 22.2 Å². The van der Waals surface area contributed by atoms with E-state index >= 15 is 0 Å². The first-order chi connectivity index (χ1) is 7.90. The molecule has 1 unspecified atom stereocenters. The van der Waals surface area contributed by atoms with Gasteiger partial charge in [0, 0.05) is 6.04 Å². The number of nitrogens with one attached hydrogen (secondary N) is 2. The van der Waals surface area contributed by atoms with Crippen molar-refractivity contribution in [3.05, 3.63) is 11.4 Å². The van der Waals surface area contributed by atoms with Crippen molar-refractivity contribution in [1.29, 1.82) is 0 Å². The number of hydrogen-bond donors (Lipinski definition) is 2. The van der Waals surface area contributed by atoms with Crippen molar-refractivity contribution in [2.24, 2.45) is 5.92 Å². The Labute approximate surface area is 102 Å². The second kappa shape index (κ2) is 4.42. The standard InChI is InChI=1S/C11H19N3O2S/c1-7(6-10-4-5-10)14-17(15,16)11-8(2)12-13-9(11)3/h7,10,14H,4-6H2,1-3H3,(H,12,13). The number of sulfonamides is 1. The van der Waals surface area contributed by atoms with Crippen LogP contribution in [-0.2, 0) is 10.0 Å². The van der Waals surface area contributed by atoms with Gasteiger partial charge in [0.1, 0.15) is 4.90 Å². The highest BCUT2D eigenvalue weighted by Gasteiger charge is 2.28. The number of aromatic nitrogens is 2. The van der Waals surface area contributed by atoms with E-state index in [0.717, 1.165) is 6.42 Å². The minimum absolute atomic E-state index is 0.0128. The van der Waals surface area contributed by atoms with Crippen molar-refractivity contribution in [2.75, 3.05) is 0 Å². The maximum Gasteiger partial charge on any atom is 0.244 e. The zero-order valence-corrected chi connectivity index (χ0v) is 11.3. The molecule has 0 radical (unpaired) electrons. The van der Waals surface area contributed by atoms with Gasteiger partial charge in [0.2, 0.25) is 10.0 Å². The molecular formula is C11H19N3O2S. The quantitative estimate of drug-likeness (QED) is 0.839. The summed E-state index contributed by atoms with van der Waals surface area (Å²) in [6, 6.07) is -0.0128. The third-order valence-electron chi connectivity index (χ3n) is 3.07. The summed E-state index contributed by atoms with van der Waals surface area (Å²) in [4.78, 5) is 0.292. The van der Waals surface area contributed by atoms with Gasteiger partial charge in [-0.2, -0.15) is 5.10 Å². The highest BCUT2D eigenvalue weighted by molar-refractivity contribution is 7.89. The Morgan fingerprint density at radius 1 is 1.47 bits per heavy atom. The molecule has 0 aromatic carbocycles. The van der Waals surface area contributed by atoms with E-state index in [9.17, 15) is 8.42 Å². The molecule has 17 heavy (non-hydrogen) atoms. The largest absolute Gasteiger partial charge is 0.281 e. The maximum absolute atomic E-state index is 12.2. The molecule has 1 aromatic rings. The summed E-state index contributed by atoms with van der Waals surface area (Å²) in [5.74, 6) is 0.708. The monoisotopic (exact) mass is 257 g/mol. The van der Waals surface area contributed by atoms with Crippen molar-refractivity contribution < 1.29 is 8.42 Å². The third kappa shape index (κ3) is 2.87. The fourth-order valence-corrected chi connectivity index (χ4v) is 3.79. The van der Waals surface area contributed by atoms with Crippen molar-refractivity contribution in [2.45, 2.75) is 51.0 Å². The van der Waals surface area contributed by atoms with Gasteiger partial charge >= 0.3 is 0 Å². The normalized spacial score (nSPS) is 18.3. The summed E-state index contributed by atoms with van der Waals surface area (Å²) in [6.45, 7) is 5.34. The molecule has 2 rings (SSSR count). The minimum Gasteiger partial charge on any atom is -0.281 e. The van der Waals surface area contributed by atoms with Crippen LogP contribution in [0.25, 0.3) is 0 Å². The van der Waals surface area contributed by atoms with E-state index in [-0.39, 0.29) is 6.04 Å². The fourth-order valence-electron chi connectivity index (χ4n) is 2.16. The van der Waals surface area contributed by atoms with Crippen molar-refractivity contribution >= 4 is 10.0 Å². The molecule has 2 N–H and O–H groups in total. The van der Waals surface area contributed by atoms with Crippen molar-refractivity contribution in [1.82, 2.24) is 14.9 Å². The summed E-state index contributed by atoms with van der Waals surface area (Å²) in [5.41, 5.74) is 1.11. The first-order valence-corrected chi connectivity index (χ1v) is 7.42. The predicted molar refractivity (Wildman–Crippen MR) is 65.2 cm³/mol. The van der Waals surface area contributed by atoms with Crippen LogP contribution in [0.5, 0.6) is 0 Å². The van der Waals surface area contributed by atoms with Gasteiger partial charge in [-0.05, 0) is 33.1 Å². The van der Waals surface area contributed by atoms with E-state index in [4.69, 9.17) is 0 Å². The summed E-state index contributed by atoms with van der Waals surface area (Å²) in [6.07, 6.45) is 3.39. The second-order valence-corrected chi connectivity index (χ2v) is 6.62. The zero-order chi connectivity index (χ0) is 12.6. The molecule has 1 aliphatic rings. The Kier molecular flexibility index (Phi) is 3.27. The molecule has 1 heterocycles. The molecule has 0 amide bonds. The second-order valence-electron chi connectivity index (χ2n) is 4.96. The van der Waals surface area contributed by atoms with E-state index in [2.05, 4.69) is 14.9 Å². The third-order valence-corrected chi connectivity index (χ3v) is 4.92. The summed E-state index contributed by atoms with van der Waals surface area (Å²) in [7, 11) is -3.44. The van der Waals surface area contributed by atoms with E-state index < -0.39 is 10.0 Å². The molecule has 0 saturated heterocycles. The number of aromatic amines is 1. The minimum atomic E-state index is -3.44. The molecule has 6 heteroatoms. The van der Waals surface area contributed by atoms with Crippen LogP contribution >= 0.6 is 0 Å². The predicted octanol–water partition coefficient (Wildman–Crippen LogP) is 1.49. The maximum atomic E-state index is 12.2. The summed E-state index contributed by atoms with van der Waals surface area (Å²) in [5, 5.41) is 6.62. The average Bonchev–Trinajstić information content (AvgIpc) is 2.90. The van der Waals surface area contributed by atoms with E-state index in [1.54, 1.807) is 13.8 Å². The fraction of sp³-hybridized carbons (Fsp3) is 0.727. The lowest BCUT2D eigenvalue weighted by molar-refractivity contribution is 0.529. The Morgan fingerprint density at radius 3 is 2.59 bits per heavy atom. The molecule has 1 fully saturated rings. The highest BCUT2D eigenvalue weighted by Crippen LogP contribution is 2.33. The first-order valence-electron chi connectivity index (χ1n) is 5.94. The topological polar surface area (TPSA) is 74.8 Å². The van der Waals surface area contributed by atoms with Crippen molar-refractivity contribution in [3.63, 3.8) is 0 Å². The molecule has 0 bridgehead atoms. The van der Waals surface area contributed by atoms with Crippen LogP contribution in [0.4, 0.5) is 0 Å². The lowest BCUT2D eigenvalue weighted by Gasteiger charge is -2.13. The lowest BCUT2D eigenvalue weighted by Crippen LogP contribution is -2.33. The van der Waals surface area contributed by atoms with Gasteiger partial charge in [0.25, 0.3) is 0 Å². The molecule has 96 valence electrons. The number of rotatable bonds is 5. The van der Waals surface area contributed by atoms with Gasteiger partial charge in [-0.15, -0.1) is 0 Å². The van der Waals surface area contributed by atoms with Gasteiger partial charge < -0.3 is 0 Å². The van der Waals surface area contributed by atoms with Crippen LogP contribution in [0.1, 0.15) is 37.6 Å². The highest BCUT2D eigenvalue weighted by atomic mass is 32.2. The number of nitrogens with zero attached hydrogens (tertiary/aromatic N) is 1. The molecule has 1 aliphatic carbocycles. The number of H-pyrrole nitrogens is 1. The average molecular weight is 257 g/mol. The van der Waals surface area contributed by atoms with Crippen LogP contribution < -0.4 is 4.72 Å². The van der Waals surface area contributed by atoms with Gasteiger partial charge in [-0.3, -0.25) is 5.10 Å². The molecule has 5 nitrogen and oxygen atoms in total. The SMILES string of the molecule is Cc1n[nH]c(C)c1S(=O)(=O)NC(C)CC1CC1. The molecule has 1 atom stereocenters. The Hall–Kier alpha value is -0.880. The Bertz CT molecular complexity index is 483. The number of hydrogen-bond acceptors (Lipinski definition) is 3. The Morgan fingerprint density at radius 2 is 2.12 bits per heavy atom. The molecule has 1 aromatic heterocycles. The van der Waals surface area contributed by atoms with Gasteiger partial charge in [-0.1, -0.05) is 12.8 Å². The molecule has 1 saturated carbocycles. The number of aryl methyl sites for hydroxylation is 2. The zero-order valence-electron chi connectivity index (χ0n) is 10.4. The van der Waals surface area contributed by atoms with Crippen LogP contribution in [0, 0.1) is 19.8 Å². The van der Waals surface area contributed by atoms with Gasteiger partial charge in [-0.25, -0.2) is 13.1 Å². The van der Waals surface area contributed by atoms with Crippen LogP contribution in [0.3, 0.4) is 0 Å². The van der Waals surface area contributed by atoms with Gasteiger partial charge in [0.15, 0.2) is 0 Å². The smallest absolute Gasteiger partial charge is 0.244 e. The summed E-state index contributed by atoms with van der Waals surface area (Å²) >= 11 is 0.